The van der Waals surface area contributed by atoms with E-state index in [4.69, 9.17) is 19.2 Å². The summed E-state index contributed by atoms with van der Waals surface area (Å²) in [4.78, 5) is 20.9. The summed E-state index contributed by atoms with van der Waals surface area (Å²) in [5.74, 6) is 1.14. The molecule has 5 heterocycles. The number of methoxy groups -OCH3 is 1. The van der Waals surface area contributed by atoms with E-state index >= 15 is 0 Å². The number of ether oxygens (including phenoxy) is 3. The van der Waals surface area contributed by atoms with E-state index in [-0.39, 0.29) is 5.91 Å². The van der Waals surface area contributed by atoms with Crippen molar-refractivity contribution in [1.29, 1.82) is 0 Å². The Balaban J connectivity index is 1.68. The summed E-state index contributed by atoms with van der Waals surface area (Å²) in [6.07, 6.45) is 5.36. The highest BCUT2D eigenvalue weighted by Crippen LogP contribution is 2.47. The third-order valence-corrected chi connectivity index (χ3v) is 5.98. The molecule has 8 nitrogen and oxygen atoms in total. The lowest BCUT2D eigenvalue weighted by Crippen LogP contribution is -2.34. The first-order valence-corrected chi connectivity index (χ1v) is 10.0. The van der Waals surface area contributed by atoms with Gasteiger partial charge >= 0.3 is 0 Å². The van der Waals surface area contributed by atoms with Crippen LogP contribution in [0, 0.1) is 0 Å². The van der Waals surface area contributed by atoms with Gasteiger partial charge in [0.1, 0.15) is 17.2 Å². The van der Waals surface area contributed by atoms with Crippen LogP contribution in [0.4, 0.5) is 5.82 Å². The van der Waals surface area contributed by atoms with Crippen molar-refractivity contribution in [3.8, 4) is 17.0 Å². The molecule has 1 saturated heterocycles. The number of amides is 1. The predicted octanol–water partition coefficient (Wildman–Crippen LogP) is 3.14. The Labute approximate surface area is 174 Å². The first kappa shape index (κ1) is 19.0. The number of anilines is 1. The molecule has 0 radical (unpaired) electrons. The molecular formula is C22H24N4O4. The monoisotopic (exact) mass is 408 g/mol. The Hall–Kier alpha value is -2.97. The van der Waals surface area contributed by atoms with Crippen LogP contribution in [0.15, 0.2) is 24.5 Å². The second kappa shape index (κ2) is 7.07. The van der Waals surface area contributed by atoms with Gasteiger partial charge in [-0.15, -0.1) is 0 Å². The standard InChI is InChI=1S/C22H24N4O4/c1-13(27)24-20-8-14-15(11-26(2)18(14)10-23-20)17-9-19(28-3)16-12-30-22(21(16)25-17)4-6-29-7-5-22/h8-11H,4-7,12H2,1-3H3,(H,23,24,27). The van der Waals surface area contributed by atoms with Crippen molar-refractivity contribution in [3.63, 3.8) is 0 Å². The van der Waals surface area contributed by atoms with Gasteiger partial charge < -0.3 is 24.1 Å². The molecule has 3 aromatic heterocycles. The van der Waals surface area contributed by atoms with Gasteiger partial charge in [0, 0.05) is 68.8 Å². The zero-order valence-electron chi connectivity index (χ0n) is 17.3. The molecule has 0 unspecified atom stereocenters. The van der Waals surface area contributed by atoms with Crippen molar-refractivity contribution in [2.45, 2.75) is 32.0 Å². The third kappa shape index (κ3) is 2.95. The first-order chi connectivity index (χ1) is 14.5. The van der Waals surface area contributed by atoms with Gasteiger partial charge in [-0.1, -0.05) is 0 Å². The normalized spacial score (nSPS) is 17.3. The molecule has 0 bridgehead atoms. The van der Waals surface area contributed by atoms with Crippen LogP contribution >= 0.6 is 0 Å². The van der Waals surface area contributed by atoms with Gasteiger partial charge in [0.25, 0.3) is 0 Å². The summed E-state index contributed by atoms with van der Waals surface area (Å²) >= 11 is 0. The van der Waals surface area contributed by atoms with Crippen molar-refractivity contribution in [3.05, 3.63) is 35.8 Å². The zero-order chi connectivity index (χ0) is 20.9. The summed E-state index contributed by atoms with van der Waals surface area (Å²) in [5.41, 5.74) is 4.28. The van der Waals surface area contributed by atoms with Crippen LogP contribution in [0.5, 0.6) is 5.75 Å². The van der Waals surface area contributed by atoms with Crippen molar-refractivity contribution in [2.24, 2.45) is 7.05 Å². The third-order valence-electron chi connectivity index (χ3n) is 5.98. The van der Waals surface area contributed by atoms with Crippen LogP contribution in [0.25, 0.3) is 22.2 Å². The maximum absolute atomic E-state index is 11.5. The second-order valence-corrected chi connectivity index (χ2v) is 7.85. The molecule has 0 atom stereocenters. The number of aromatic nitrogens is 3. The number of carbonyl (C=O) groups is 1. The number of pyridine rings is 2. The van der Waals surface area contributed by atoms with E-state index in [0.717, 1.165) is 52.0 Å². The van der Waals surface area contributed by atoms with E-state index in [1.54, 1.807) is 13.3 Å². The highest BCUT2D eigenvalue weighted by atomic mass is 16.5. The fourth-order valence-electron chi connectivity index (χ4n) is 4.48. The Morgan fingerprint density at radius 1 is 1.30 bits per heavy atom. The largest absolute Gasteiger partial charge is 0.496 e. The molecule has 2 aliphatic heterocycles. The quantitative estimate of drug-likeness (QED) is 0.716. The Morgan fingerprint density at radius 2 is 2.10 bits per heavy atom. The summed E-state index contributed by atoms with van der Waals surface area (Å²) in [6.45, 7) is 3.29. The molecule has 3 aromatic rings. The van der Waals surface area contributed by atoms with Crippen LogP contribution in [-0.4, -0.2) is 40.8 Å². The average Bonchev–Trinajstić information content (AvgIpc) is 3.25. The van der Waals surface area contributed by atoms with Gasteiger partial charge in [0.15, 0.2) is 0 Å². The van der Waals surface area contributed by atoms with Gasteiger partial charge in [-0.3, -0.25) is 4.79 Å². The molecule has 30 heavy (non-hydrogen) atoms. The first-order valence-electron chi connectivity index (χ1n) is 10.0. The average molecular weight is 408 g/mol. The number of fused-ring (bicyclic) bond motifs is 3. The number of nitrogens with one attached hydrogen (secondary N) is 1. The van der Waals surface area contributed by atoms with E-state index < -0.39 is 5.60 Å². The Morgan fingerprint density at radius 3 is 2.83 bits per heavy atom. The Bertz CT molecular complexity index is 1150. The molecular weight excluding hydrogens is 384 g/mol. The van der Waals surface area contributed by atoms with Crippen LogP contribution < -0.4 is 10.1 Å². The highest BCUT2D eigenvalue weighted by Gasteiger charge is 2.44. The van der Waals surface area contributed by atoms with E-state index in [9.17, 15) is 4.79 Å². The minimum Gasteiger partial charge on any atom is -0.496 e. The van der Waals surface area contributed by atoms with Crippen LogP contribution in [0.1, 0.15) is 31.0 Å². The van der Waals surface area contributed by atoms with Gasteiger partial charge in [-0.25, -0.2) is 9.97 Å². The van der Waals surface area contributed by atoms with E-state index in [1.165, 1.54) is 6.92 Å². The summed E-state index contributed by atoms with van der Waals surface area (Å²) in [7, 11) is 3.65. The van der Waals surface area contributed by atoms with Crippen molar-refractivity contribution < 1.29 is 19.0 Å². The molecule has 1 spiro atoms. The van der Waals surface area contributed by atoms with Gasteiger partial charge in [0.2, 0.25) is 5.91 Å². The van der Waals surface area contributed by atoms with Crippen LogP contribution in [-0.2, 0) is 33.5 Å². The van der Waals surface area contributed by atoms with Crippen LogP contribution in [0.3, 0.4) is 0 Å². The van der Waals surface area contributed by atoms with Crippen LogP contribution in [0.2, 0.25) is 0 Å². The number of aryl methyl sites for hydroxylation is 1. The Kier molecular flexibility index (Phi) is 4.48. The molecule has 156 valence electrons. The predicted molar refractivity (Wildman–Crippen MR) is 111 cm³/mol. The molecule has 2 aliphatic rings. The zero-order valence-corrected chi connectivity index (χ0v) is 17.3. The number of nitrogens with zero attached hydrogens (tertiary/aromatic N) is 3. The number of carbonyl (C=O) groups excluding carboxylic acids is 1. The second-order valence-electron chi connectivity index (χ2n) is 7.85. The van der Waals surface area contributed by atoms with Crippen molar-refractivity contribution in [2.75, 3.05) is 25.6 Å². The minimum atomic E-state index is -0.412. The molecule has 0 aliphatic carbocycles. The lowest BCUT2D eigenvalue weighted by Gasteiger charge is -2.32. The lowest BCUT2D eigenvalue weighted by atomic mass is 9.89. The summed E-state index contributed by atoms with van der Waals surface area (Å²) in [6, 6.07) is 3.85. The van der Waals surface area contributed by atoms with Crippen molar-refractivity contribution in [1.82, 2.24) is 14.5 Å². The molecule has 0 saturated carbocycles. The van der Waals surface area contributed by atoms with Gasteiger partial charge in [-0.2, -0.15) is 0 Å². The maximum atomic E-state index is 11.5. The number of rotatable bonds is 3. The van der Waals surface area contributed by atoms with E-state index in [2.05, 4.69) is 10.3 Å². The molecule has 1 fully saturated rings. The molecule has 5 rings (SSSR count). The fraction of sp³-hybridized carbons (Fsp3) is 0.409. The SMILES string of the molecule is COc1cc(-c2cn(C)c3cnc(NC(C)=O)cc23)nc2c1COC21CCOCC1. The number of hydrogen-bond acceptors (Lipinski definition) is 6. The van der Waals surface area contributed by atoms with E-state index in [0.29, 0.717) is 25.6 Å². The summed E-state index contributed by atoms with van der Waals surface area (Å²) < 4.78 is 19.6. The smallest absolute Gasteiger partial charge is 0.222 e. The van der Waals surface area contributed by atoms with Crippen molar-refractivity contribution >= 4 is 22.6 Å². The minimum absolute atomic E-state index is 0.157. The maximum Gasteiger partial charge on any atom is 0.222 e. The number of hydrogen-bond donors (Lipinski definition) is 1. The van der Waals surface area contributed by atoms with Gasteiger partial charge in [-0.05, 0) is 6.07 Å². The topological polar surface area (TPSA) is 87.5 Å². The van der Waals surface area contributed by atoms with E-state index in [1.807, 2.05) is 29.9 Å². The van der Waals surface area contributed by atoms with Gasteiger partial charge in [0.05, 0.1) is 36.8 Å². The molecule has 0 aromatic carbocycles. The molecule has 1 N–H and O–H groups in total. The molecule has 1 amide bonds. The molecule has 8 heteroatoms. The lowest BCUT2D eigenvalue weighted by molar-refractivity contribution is -0.114. The fourth-order valence-corrected chi connectivity index (χ4v) is 4.48. The summed E-state index contributed by atoms with van der Waals surface area (Å²) in [5, 5.41) is 3.72. The highest BCUT2D eigenvalue weighted by molar-refractivity contribution is 5.98.